The molecule has 0 radical (unpaired) electrons. The van der Waals surface area contributed by atoms with Gasteiger partial charge < -0.3 is 10.5 Å². The van der Waals surface area contributed by atoms with E-state index in [9.17, 15) is 4.79 Å². The Hall–Kier alpha value is -1.43. The third-order valence-electron chi connectivity index (χ3n) is 1.85. The van der Waals surface area contributed by atoms with Crippen LogP contribution in [0, 0.1) is 0 Å². The lowest BCUT2D eigenvalue weighted by molar-refractivity contribution is -0.143. The van der Waals surface area contributed by atoms with Gasteiger partial charge in [0.2, 0.25) is 0 Å². The van der Waals surface area contributed by atoms with Gasteiger partial charge in [-0.15, -0.1) is 0 Å². The van der Waals surface area contributed by atoms with Crippen LogP contribution in [0.15, 0.2) is 12.7 Å². The number of nitrogens with zero attached hydrogens (tertiary/aromatic N) is 3. The Labute approximate surface area is 75.7 Å². The Balaban J connectivity index is 2.68. The van der Waals surface area contributed by atoms with Gasteiger partial charge in [-0.3, -0.25) is 4.79 Å². The molecule has 0 spiro atoms. The van der Waals surface area contributed by atoms with E-state index in [0.29, 0.717) is 0 Å². The highest BCUT2D eigenvalue weighted by atomic mass is 16.5. The van der Waals surface area contributed by atoms with Crippen LogP contribution in [0.1, 0.15) is 13.0 Å². The van der Waals surface area contributed by atoms with Crippen LogP contribution in [0.5, 0.6) is 0 Å². The molecular formula is C7H12N4O2. The molecule has 72 valence electrons. The van der Waals surface area contributed by atoms with Crippen molar-refractivity contribution in [1.82, 2.24) is 14.8 Å². The number of hydrogen-bond donors (Lipinski definition) is 1. The first-order chi connectivity index (χ1) is 6.16. The van der Waals surface area contributed by atoms with E-state index >= 15 is 0 Å². The topological polar surface area (TPSA) is 83.0 Å². The molecule has 2 N–H and O–H groups in total. The van der Waals surface area contributed by atoms with E-state index in [2.05, 4.69) is 14.8 Å². The predicted molar refractivity (Wildman–Crippen MR) is 44.7 cm³/mol. The maximum absolute atomic E-state index is 11.0. The first-order valence-corrected chi connectivity index (χ1v) is 3.84. The molecule has 2 atom stereocenters. The number of carbonyl (C=O) groups excluding carboxylic acids is 1. The Morgan fingerprint density at radius 3 is 2.85 bits per heavy atom. The van der Waals surface area contributed by atoms with Crippen molar-refractivity contribution in [2.75, 3.05) is 7.11 Å². The quantitative estimate of drug-likeness (QED) is 0.630. The van der Waals surface area contributed by atoms with Crippen molar-refractivity contribution in [3.05, 3.63) is 12.7 Å². The highest BCUT2D eigenvalue weighted by Crippen LogP contribution is 2.07. The number of rotatable bonds is 3. The molecule has 0 aliphatic heterocycles. The number of esters is 1. The summed E-state index contributed by atoms with van der Waals surface area (Å²) >= 11 is 0. The van der Waals surface area contributed by atoms with Crippen molar-refractivity contribution in [1.29, 1.82) is 0 Å². The summed E-state index contributed by atoms with van der Waals surface area (Å²) in [6, 6.07) is -0.971. The SMILES string of the molecule is COC(=O)[C@H](N)[C@H](C)n1cncn1. The minimum Gasteiger partial charge on any atom is -0.468 e. The van der Waals surface area contributed by atoms with E-state index in [1.165, 1.54) is 24.4 Å². The number of methoxy groups -OCH3 is 1. The average molecular weight is 184 g/mol. The predicted octanol–water partition coefficient (Wildman–Crippen LogP) is -0.661. The molecule has 0 aliphatic carbocycles. The van der Waals surface area contributed by atoms with Gasteiger partial charge in [0.25, 0.3) is 0 Å². The van der Waals surface area contributed by atoms with Crippen LogP contribution in [-0.2, 0) is 9.53 Å². The minimum atomic E-state index is -0.716. The smallest absolute Gasteiger partial charge is 0.324 e. The molecule has 1 aromatic heterocycles. The van der Waals surface area contributed by atoms with Crippen molar-refractivity contribution in [2.24, 2.45) is 5.73 Å². The lowest BCUT2D eigenvalue weighted by Crippen LogP contribution is -2.39. The van der Waals surface area contributed by atoms with E-state index in [1.54, 1.807) is 6.92 Å². The molecule has 0 fully saturated rings. The minimum absolute atomic E-state index is 0.255. The van der Waals surface area contributed by atoms with Crippen molar-refractivity contribution < 1.29 is 9.53 Å². The number of ether oxygens (including phenoxy) is 1. The molecule has 0 saturated carbocycles. The Morgan fingerprint density at radius 2 is 2.38 bits per heavy atom. The molecule has 0 aliphatic rings. The van der Waals surface area contributed by atoms with Crippen LogP contribution < -0.4 is 5.73 Å². The standard InChI is InChI=1S/C7H12N4O2/c1-5(6(8)7(12)13-2)11-4-9-3-10-11/h3-6H,8H2,1-2H3/t5-,6+/m0/s1. The summed E-state index contributed by atoms with van der Waals surface area (Å²) in [6.07, 6.45) is 2.90. The first kappa shape index (κ1) is 9.66. The van der Waals surface area contributed by atoms with Crippen LogP contribution in [0.25, 0.3) is 0 Å². The van der Waals surface area contributed by atoms with E-state index < -0.39 is 12.0 Å². The Kier molecular flexibility index (Phi) is 2.97. The van der Waals surface area contributed by atoms with Gasteiger partial charge in [0.05, 0.1) is 13.2 Å². The zero-order valence-electron chi connectivity index (χ0n) is 7.54. The molecule has 6 heteroatoms. The van der Waals surface area contributed by atoms with Gasteiger partial charge in [0.1, 0.15) is 18.7 Å². The van der Waals surface area contributed by atoms with Crippen molar-refractivity contribution in [3.63, 3.8) is 0 Å². The summed E-state index contributed by atoms with van der Waals surface area (Å²) in [6.45, 7) is 1.77. The number of carbonyl (C=O) groups is 1. The molecule has 1 heterocycles. The Morgan fingerprint density at radius 1 is 1.69 bits per heavy atom. The van der Waals surface area contributed by atoms with Gasteiger partial charge in [-0.05, 0) is 6.92 Å². The lowest BCUT2D eigenvalue weighted by Gasteiger charge is -2.16. The summed E-state index contributed by atoms with van der Waals surface area (Å²) in [4.78, 5) is 14.8. The second kappa shape index (κ2) is 3.99. The fraction of sp³-hybridized carbons (Fsp3) is 0.571. The van der Waals surface area contributed by atoms with Gasteiger partial charge >= 0.3 is 5.97 Å². The van der Waals surface area contributed by atoms with E-state index in [1.807, 2.05) is 0 Å². The summed E-state index contributed by atoms with van der Waals surface area (Å²) in [5, 5.41) is 3.87. The van der Waals surface area contributed by atoms with Gasteiger partial charge in [-0.2, -0.15) is 5.10 Å². The molecule has 6 nitrogen and oxygen atoms in total. The van der Waals surface area contributed by atoms with Gasteiger partial charge in [-0.1, -0.05) is 0 Å². The van der Waals surface area contributed by atoms with Crippen LogP contribution in [-0.4, -0.2) is 33.9 Å². The maximum Gasteiger partial charge on any atom is 0.324 e. The molecule has 0 unspecified atom stereocenters. The second-order valence-corrected chi connectivity index (χ2v) is 2.67. The second-order valence-electron chi connectivity index (χ2n) is 2.67. The van der Waals surface area contributed by atoms with E-state index in [-0.39, 0.29) is 6.04 Å². The highest BCUT2D eigenvalue weighted by Gasteiger charge is 2.23. The van der Waals surface area contributed by atoms with Gasteiger partial charge in [0, 0.05) is 0 Å². The third kappa shape index (κ3) is 2.03. The van der Waals surface area contributed by atoms with Gasteiger partial charge in [0.15, 0.2) is 0 Å². The summed E-state index contributed by atoms with van der Waals surface area (Å²) in [5.41, 5.74) is 5.60. The number of hydrogen-bond acceptors (Lipinski definition) is 5. The van der Waals surface area contributed by atoms with Crippen molar-refractivity contribution >= 4 is 5.97 Å². The summed E-state index contributed by atoms with van der Waals surface area (Å²) < 4.78 is 6.02. The molecule has 0 amide bonds. The monoisotopic (exact) mass is 184 g/mol. The van der Waals surface area contributed by atoms with Crippen LogP contribution >= 0.6 is 0 Å². The van der Waals surface area contributed by atoms with Crippen LogP contribution in [0.3, 0.4) is 0 Å². The molecule has 1 rings (SSSR count). The van der Waals surface area contributed by atoms with Gasteiger partial charge in [-0.25, -0.2) is 9.67 Å². The molecule has 13 heavy (non-hydrogen) atoms. The highest BCUT2D eigenvalue weighted by molar-refractivity contribution is 5.75. The maximum atomic E-state index is 11.0. The number of nitrogens with two attached hydrogens (primary N) is 1. The van der Waals surface area contributed by atoms with E-state index in [0.717, 1.165) is 0 Å². The third-order valence-corrected chi connectivity index (χ3v) is 1.85. The summed E-state index contributed by atoms with van der Waals surface area (Å²) in [7, 11) is 1.30. The normalized spacial score (nSPS) is 15.0. The van der Waals surface area contributed by atoms with E-state index in [4.69, 9.17) is 5.73 Å². The fourth-order valence-electron chi connectivity index (χ4n) is 0.925. The molecule has 0 saturated heterocycles. The molecular weight excluding hydrogens is 172 g/mol. The molecule has 0 aromatic carbocycles. The van der Waals surface area contributed by atoms with Crippen molar-refractivity contribution in [3.8, 4) is 0 Å². The number of aromatic nitrogens is 3. The van der Waals surface area contributed by atoms with Crippen molar-refractivity contribution in [2.45, 2.75) is 19.0 Å². The fourth-order valence-corrected chi connectivity index (χ4v) is 0.925. The zero-order valence-corrected chi connectivity index (χ0v) is 7.54. The van der Waals surface area contributed by atoms with Crippen LogP contribution in [0.2, 0.25) is 0 Å². The zero-order chi connectivity index (χ0) is 9.84. The van der Waals surface area contributed by atoms with Crippen LogP contribution in [0.4, 0.5) is 0 Å². The Bertz CT molecular complexity index is 272. The molecule has 1 aromatic rings. The summed E-state index contributed by atoms with van der Waals surface area (Å²) in [5.74, 6) is -0.456. The lowest BCUT2D eigenvalue weighted by atomic mass is 10.1. The molecule has 0 bridgehead atoms. The largest absolute Gasteiger partial charge is 0.468 e. The first-order valence-electron chi connectivity index (χ1n) is 3.84. The average Bonchev–Trinajstić information content (AvgIpc) is 2.67.